The minimum Gasteiger partial charge on any atom is -0.271 e. The van der Waals surface area contributed by atoms with Crippen LogP contribution in [0.3, 0.4) is 0 Å². The van der Waals surface area contributed by atoms with Gasteiger partial charge >= 0.3 is 0 Å². The van der Waals surface area contributed by atoms with E-state index in [0.717, 1.165) is 16.3 Å². The molecule has 0 radical (unpaired) electrons. The third-order valence-electron chi connectivity index (χ3n) is 3.79. The predicted molar refractivity (Wildman–Crippen MR) is 87.6 cm³/mol. The first-order chi connectivity index (χ1) is 10.1. The highest BCUT2D eigenvalue weighted by atomic mass is 32.2. The monoisotopic (exact) mass is 306 g/mol. The molecule has 1 atom stereocenters. The molecule has 21 heavy (non-hydrogen) atoms. The average Bonchev–Trinajstić information content (AvgIpc) is 2.51. The second-order valence-corrected chi connectivity index (χ2v) is 7.64. The molecule has 0 aliphatic rings. The van der Waals surface area contributed by atoms with Crippen molar-refractivity contribution in [3.63, 3.8) is 0 Å². The summed E-state index contributed by atoms with van der Waals surface area (Å²) in [6.45, 7) is 1.68. The van der Waals surface area contributed by atoms with Gasteiger partial charge < -0.3 is 0 Å². The van der Waals surface area contributed by atoms with E-state index in [-0.39, 0.29) is 17.5 Å². The summed E-state index contributed by atoms with van der Waals surface area (Å²) < 4.78 is 23.1. The van der Waals surface area contributed by atoms with E-state index in [0.29, 0.717) is 12.8 Å². The minimum atomic E-state index is -2.92. The Balaban J connectivity index is 2.16. The zero-order chi connectivity index (χ0) is 15.3. The highest BCUT2D eigenvalue weighted by Gasteiger charge is 2.14. The van der Waals surface area contributed by atoms with Crippen molar-refractivity contribution in [3.05, 3.63) is 48.0 Å². The van der Waals surface area contributed by atoms with E-state index in [1.54, 1.807) is 6.92 Å². The third-order valence-corrected chi connectivity index (χ3v) is 5.58. The van der Waals surface area contributed by atoms with Crippen LogP contribution in [0.15, 0.2) is 42.5 Å². The summed E-state index contributed by atoms with van der Waals surface area (Å²) in [6, 6.07) is 14.2. The molecule has 0 aliphatic heterocycles. The van der Waals surface area contributed by atoms with Crippen LogP contribution in [0, 0.1) is 0 Å². The normalized spacial score (nSPS) is 13.4. The smallest absolute Gasteiger partial charge is 0.150 e. The molecule has 0 bridgehead atoms. The summed E-state index contributed by atoms with van der Waals surface area (Å²) >= 11 is 0. The van der Waals surface area contributed by atoms with Gasteiger partial charge in [-0.15, -0.1) is 0 Å². The van der Waals surface area contributed by atoms with E-state index < -0.39 is 9.84 Å². The summed E-state index contributed by atoms with van der Waals surface area (Å²) in [4.78, 5) is 0. The zero-order valence-corrected chi connectivity index (χ0v) is 13.1. The van der Waals surface area contributed by atoms with E-state index in [1.165, 1.54) is 0 Å². The van der Waals surface area contributed by atoms with Crippen LogP contribution in [0.25, 0.3) is 10.8 Å². The fourth-order valence-corrected chi connectivity index (χ4v) is 3.43. The topological polar surface area (TPSA) is 72.2 Å². The van der Waals surface area contributed by atoms with Gasteiger partial charge in [0.2, 0.25) is 0 Å². The van der Waals surface area contributed by atoms with Crippen LogP contribution in [0.5, 0.6) is 0 Å². The summed E-state index contributed by atoms with van der Waals surface area (Å²) in [5.41, 5.74) is 3.94. The van der Waals surface area contributed by atoms with Crippen molar-refractivity contribution in [1.29, 1.82) is 0 Å². The second kappa shape index (κ2) is 7.02. The lowest BCUT2D eigenvalue weighted by Crippen LogP contribution is -2.28. The zero-order valence-electron chi connectivity index (χ0n) is 12.2. The van der Waals surface area contributed by atoms with Crippen molar-refractivity contribution in [2.75, 3.05) is 11.5 Å². The molecule has 114 valence electrons. The van der Waals surface area contributed by atoms with Crippen LogP contribution in [0.1, 0.15) is 31.4 Å². The number of sulfone groups is 1. The van der Waals surface area contributed by atoms with Crippen LogP contribution in [-0.2, 0) is 9.84 Å². The number of rotatable bonds is 7. The van der Waals surface area contributed by atoms with Crippen molar-refractivity contribution in [2.45, 2.75) is 25.8 Å². The van der Waals surface area contributed by atoms with Gasteiger partial charge in [0.15, 0.2) is 0 Å². The fraction of sp³-hybridized carbons (Fsp3) is 0.375. The highest BCUT2D eigenvalue weighted by Crippen LogP contribution is 2.26. The predicted octanol–water partition coefficient (Wildman–Crippen LogP) is 2.56. The lowest BCUT2D eigenvalue weighted by molar-refractivity contribution is 0.510. The van der Waals surface area contributed by atoms with Gasteiger partial charge in [0.05, 0.1) is 5.75 Å². The number of hydrogen-bond donors (Lipinski definition) is 2. The van der Waals surface area contributed by atoms with Crippen LogP contribution >= 0.6 is 0 Å². The van der Waals surface area contributed by atoms with Crippen molar-refractivity contribution in [2.24, 2.45) is 5.84 Å². The molecule has 0 saturated carbocycles. The molecule has 3 N–H and O–H groups in total. The van der Waals surface area contributed by atoms with Crippen LogP contribution < -0.4 is 11.3 Å². The minimum absolute atomic E-state index is 0.0387. The summed E-state index contributed by atoms with van der Waals surface area (Å²) in [5, 5.41) is 2.32. The molecule has 5 heteroatoms. The molecule has 0 aromatic heterocycles. The van der Waals surface area contributed by atoms with E-state index in [2.05, 4.69) is 23.6 Å². The number of nitrogens with two attached hydrogens (primary N) is 1. The lowest BCUT2D eigenvalue weighted by atomic mass is 9.96. The van der Waals surface area contributed by atoms with Gasteiger partial charge in [0.1, 0.15) is 9.84 Å². The maximum Gasteiger partial charge on any atom is 0.150 e. The first-order valence-electron chi connectivity index (χ1n) is 7.21. The van der Waals surface area contributed by atoms with Gasteiger partial charge in [-0.05, 0) is 29.2 Å². The Morgan fingerprint density at radius 3 is 2.57 bits per heavy atom. The van der Waals surface area contributed by atoms with Gasteiger partial charge in [0.25, 0.3) is 0 Å². The van der Waals surface area contributed by atoms with Crippen LogP contribution in [-0.4, -0.2) is 19.9 Å². The lowest BCUT2D eigenvalue weighted by Gasteiger charge is -2.18. The molecular weight excluding hydrogens is 284 g/mol. The van der Waals surface area contributed by atoms with Crippen LogP contribution in [0.2, 0.25) is 0 Å². The summed E-state index contributed by atoms with van der Waals surface area (Å²) in [6.07, 6.45) is 1.30. The number of fused-ring (bicyclic) bond motifs is 1. The number of nitrogens with one attached hydrogen (secondary N) is 1. The Morgan fingerprint density at radius 1 is 1.14 bits per heavy atom. The van der Waals surface area contributed by atoms with Gasteiger partial charge in [0, 0.05) is 11.8 Å². The van der Waals surface area contributed by atoms with Crippen molar-refractivity contribution in [1.82, 2.24) is 5.43 Å². The molecule has 0 heterocycles. The molecule has 1 unspecified atom stereocenters. The Bertz CT molecular complexity index is 693. The quantitative estimate of drug-likeness (QED) is 0.609. The molecule has 2 rings (SSSR count). The van der Waals surface area contributed by atoms with Crippen LogP contribution in [0.4, 0.5) is 0 Å². The summed E-state index contributed by atoms with van der Waals surface area (Å²) in [5.74, 6) is 6.09. The highest BCUT2D eigenvalue weighted by molar-refractivity contribution is 7.91. The Morgan fingerprint density at radius 2 is 1.86 bits per heavy atom. The van der Waals surface area contributed by atoms with E-state index >= 15 is 0 Å². The van der Waals surface area contributed by atoms with Crippen molar-refractivity contribution in [3.8, 4) is 0 Å². The Hall–Kier alpha value is -1.43. The number of hydrazine groups is 1. The molecule has 0 amide bonds. The van der Waals surface area contributed by atoms with Crippen molar-refractivity contribution < 1.29 is 8.42 Å². The number of hydrogen-bond acceptors (Lipinski definition) is 4. The van der Waals surface area contributed by atoms with Crippen molar-refractivity contribution >= 4 is 20.6 Å². The Kier molecular flexibility index (Phi) is 5.33. The first kappa shape index (κ1) is 15.9. The largest absolute Gasteiger partial charge is 0.271 e. The fourth-order valence-electron chi connectivity index (χ4n) is 2.53. The number of benzene rings is 2. The molecule has 0 spiro atoms. The molecule has 0 saturated heterocycles. The maximum atomic E-state index is 11.6. The molecule has 0 fully saturated rings. The SMILES string of the molecule is CCS(=O)(=O)CCCC(NN)c1cccc2ccccc12. The van der Waals surface area contributed by atoms with Gasteiger partial charge in [-0.1, -0.05) is 49.4 Å². The Labute approximate surface area is 126 Å². The molecule has 0 aliphatic carbocycles. The molecular formula is C16H22N2O2S. The van der Waals surface area contributed by atoms with Gasteiger partial charge in [-0.2, -0.15) is 0 Å². The van der Waals surface area contributed by atoms with E-state index in [9.17, 15) is 8.42 Å². The maximum absolute atomic E-state index is 11.6. The average molecular weight is 306 g/mol. The second-order valence-electron chi connectivity index (χ2n) is 5.17. The third kappa shape index (κ3) is 4.03. The standard InChI is InChI=1S/C16H22N2O2S/c1-2-21(19,20)12-6-11-16(18-17)15-10-5-8-13-7-3-4-9-14(13)15/h3-5,7-10,16,18H,2,6,11-12,17H2,1H3. The van der Waals surface area contributed by atoms with Gasteiger partial charge in [-0.25, -0.2) is 8.42 Å². The van der Waals surface area contributed by atoms with E-state index in [4.69, 9.17) is 5.84 Å². The molecule has 4 nitrogen and oxygen atoms in total. The molecule has 2 aromatic carbocycles. The van der Waals surface area contributed by atoms with Gasteiger partial charge in [-0.3, -0.25) is 11.3 Å². The van der Waals surface area contributed by atoms with E-state index in [1.807, 2.05) is 24.3 Å². The molecule has 2 aromatic rings. The summed E-state index contributed by atoms with van der Waals surface area (Å²) in [7, 11) is -2.92. The first-order valence-corrected chi connectivity index (χ1v) is 9.03.